The van der Waals surface area contributed by atoms with Crippen molar-refractivity contribution in [1.82, 2.24) is 0 Å². The molecule has 0 aliphatic carbocycles. The Bertz CT molecular complexity index is 21.5. The molecule has 0 unspecified atom stereocenters. The fraction of sp³-hybridized carbons (Fsp3) is 1.00. The van der Waals surface area contributed by atoms with Crippen molar-refractivity contribution >= 4 is 32.6 Å². The molecule has 0 aliphatic rings. The van der Waals surface area contributed by atoms with Gasteiger partial charge in [-0.2, -0.15) is 0 Å². The summed E-state index contributed by atoms with van der Waals surface area (Å²) in [6, 6.07) is 2.97. The molecule has 0 bridgehead atoms. The Kier molecular flexibility index (Phi) is 15.7. The first-order valence-electron chi connectivity index (χ1n) is 2.41. The second-order valence-electron chi connectivity index (χ2n) is 1.35. The smallest absolute Gasteiger partial charge is 1.00 e. The van der Waals surface area contributed by atoms with E-state index in [1.807, 2.05) is 0 Å². The summed E-state index contributed by atoms with van der Waals surface area (Å²) >= 11 is 0. The maximum absolute atomic E-state index is 2.27. The van der Waals surface area contributed by atoms with Crippen molar-refractivity contribution in [2.45, 2.75) is 25.9 Å². The molecule has 0 N–H and O–H groups in total. The first kappa shape index (κ1) is 10.1. The fourth-order valence-electron chi connectivity index (χ4n) is 0.354. The van der Waals surface area contributed by atoms with Crippen LogP contribution < -0.4 is 0 Å². The predicted molar refractivity (Wildman–Crippen MR) is 37.5 cm³/mol. The Morgan fingerprint density at radius 2 is 1.67 bits per heavy atom. The summed E-state index contributed by atoms with van der Waals surface area (Å²) in [5.41, 5.74) is 0. The van der Waals surface area contributed by atoms with Crippen molar-refractivity contribution in [3.05, 3.63) is 0 Å². The van der Waals surface area contributed by atoms with Crippen LogP contribution in [0, 0.1) is 0 Å². The summed E-state index contributed by atoms with van der Waals surface area (Å²) in [4.78, 5) is 0. The van der Waals surface area contributed by atoms with E-state index in [-0.39, 0.29) is 25.9 Å². The van der Waals surface area contributed by atoms with E-state index >= 15 is 0 Å². The van der Waals surface area contributed by atoms with E-state index in [0.29, 0.717) is 9.52 Å². The van der Waals surface area contributed by atoms with Gasteiger partial charge in [0.25, 0.3) is 0 Å². The Hall–Kier alpha value is 0.983. The van der Waals surface area contributed by atoms with E-state index in [4.69, 9.17) is 0 Å². The molecule has 0 saturated heterocycles. The summed E-state index contributed by atoms with van der Waals surface area (Å²) in [5, 5.41) is 0. The van der Waals surface area contributed by atoms with Gasteiger partial charge in [0, 0.05) is 9.52 Å². The van der Waals surface area contributed by atoms with Gasteiger partial charge in [0.1, 0.15) is 0 Å². The summed E-state index contributed by atoms with van der Waals surface area (Å²) in [6.07, 6.45) is 0. The molecule has 0 saturated carbocycles. The Morgan fingerprint density at radius 3 is 1.67 bits per heavy atom. The van der Waals surface area contributed by atoms with Crippen LogP contribution in [-0.2, 0) is 0 Å². The molecule has 0 heterocycles. The number of hydrogen-bond acceptors (Lipinski definition) is 0. The zero-order chi connectivity index (χ0) is 4.12. The van der Waals surface area contributed by atoms with Crippen molar-refractivity contribution in [3.8, 4) is 0 Å². The van der Waals surface area contributed by atoms with Gasteiger partial charge in [-0.3, -0.25) is 0 Å². The topological polar surface area (TPSA) is 0 Å². The molecule has 6 heavy (non-hydrogen) atoms. The zero-order valence-corrected chi connectivity index (χ0v) is 7.66. The van der Waals surface area contributed by atoms with E-state index in [0.717, 1.165) is 0 Å². The van der Waals surface area contributed by atoms with Gasteiger partial charge < -0.3 is 2.85 Å². The van der Waals surface area contributed by atoms with Gasteiger partial charge >= 0.3 is 23.1 Å². The fourth-order valence-corrected chi connectivity index (χ4v) is 1.06. The number of hydrogen-bond donors (Lipinski definition) is 0. The quantitative estimate of drug-likeness (QED) is 0.468. The molecule has 0 rings (SSSR count). The molecule has 36 valence electrons. The maximum Gasteiger partial charge on any atom is 2.00 e. The minimum Gasteiger partial charge on any atom is -1.00 e. The van der Waals surface area contributed by atoms with E-state index in [1.165, 1.54) is 12.1 Å². The van der Waals surface area contributed by atoms with E-state index in [1.54, 1.807) is 0 Å². The summed E-state index contributed by atoms with van der Waals surface area (Å²) in [6.45, 7) is 4.55. The molecule has 0 fully saturated rings. The summed E-state index contributed by atoms with van der Waals surface area (Å²) in [5.74, 6) is 0. The third kappa shape index (κ3) is 8.88. The van der Waals surface area contributed by atoms with Crippen molar-refractivity contribution in [2.75, 3.05) is 0 Å². The van der Waals surface area contributed by atoms with Crippen molar-refractivity contribution in [2.24, 2.45) is 0 Å². The van der Waals surface area contributed by atoms with Crippen LogP contribution in [-0.4, -0.2) is 32.6 Å². The molecule has 0 atom stereocenters. The zero-order valence-electron chi connectivity index (χ0n) is 6.83. The van der Waals surface area contributed by atoms with E-state index in [9.17, 15) is 0 Å². The molecule has 0 amide bonds. The van der Waals surface area contributed by atoms with Gasteiger partial charge in [0.2, 0.25) is 0 Å². The molecule has 0 aromatic rings. The van der Waals surface area contributed by atoms with Crippen LogP contribution in [0.25, 0.3) is 0 Å². The van der Waals surface area contributed by atoms with Gasteiger partial charge in [-0.05, 0) is 0 Å². The monoisotopic (exact) mass is 114 g/mol. The third-order valence-electron chi connectivity index (χ3n) is 0.707. The Morgan fingerprint density at radius 1 is 1.33 bits per heavy atom. The normalized spacial score (nSPS) is 7.00. The molecular weight excluding hydrogens is 100 g/mol. The van der Waals surface area contributed by atoms with Gasteiger partial charge in [0.05, 0.1) is 0 Å². The van der Waals surface area contributed by atoms with Crippen LogP contribution in [0.1, 0.15) is 16.7 Å². The second kappa shape index (κ2) is 9.36. The second-order valence-corrected chi connectivity index (χ2v) is 4.06. The van der Waals surface area contributed by atoms with Gasteiger partial charge in [-0.15, -0.1) is 0 Å². The SMILES string of the molecule is CC[SiH2]CC.[H-].[H-].[Mg+2]. The van der Waals surface area contributed by atoms with Crippen molar-refractivity contribution < 1.29 is 2.85 Å². The van der Waals surface area contributed by atoms with Crippen LogP contribution in [0.15, 0.2) is 0 Å². The molecule has 0 radical (unpaired) electrons. The predicted octanol–water partition coefficient (Wildman–Crippen LogP) is 0.876. The van der Waals surface area contributed by atoms with Crippen molar-refractivity contribution in [1.29, 1.82) is 0 Å². The molecule has 0 spiro atoms. The van der Waals surface area contributed by atoms with Crippen LogP contribution >= 0.6 is 0 Å². The first-order valence-corrected chi connectivity index (χ1v) is 4.41. The molecule has 0 aliphatic heterocycles. The van der Waals surface area contributed by atoms with Gasteiger partial charge in [0.15, 0.2) is 0 Å². The first-order chi connectivity index (χ1) is 2.41. The summed E-state index contributed by atoms with van der Waals surface area (Å²) < 4.78 is 0. The standard InChI is InChI=1S/C4H12Si.Mg.2H/c1-3-5-4-2;;;/h3-5H2,1-2H3;;;/q;+2;2*-1. The van der Waals surface area contributed by atoms with Gasteiger partial charge in [-0.1, -0.05) is 25.9 Å². The minimum atomic E-state index is 0. The average molecular weight is 115 g/mol. The van der Waals surface area contributed by atoms with Crippen LogP contribution in [0.4, 0.5) is 0 Å². The molecule has 2 heteroatoms. The molecule has 0 aromatic heterocycles. The Balaban J connectivity index is -0.0000000267. The largest absolute Gasteiger partial charge is 2.00 e. The minimum absolute atomic E-state index is 0. The van der Waals surface area contributed by atoms with Gasteiger partial charge in [-0.25, -0.2) is 0 Å². The van der Waals surface area contributed by atoms with E-state index in [2.05, 4.69) is 13.8 Å². The van der Waals surface area contributed by atoms with Crippen molar-refractivity contribution in [3.63, 3.8) is 0 Å². The Labute approximate surface area is 61.6 Å². The molecular formula is C4H14MgSi. The average Bonchev–Trinajstić information content (AvgIpc) is 1.41. The van der Waals surface area contributed by atoms with E-state index < -0.39 is 0 Å². The third-order valence-corrected chi connectivity index (χ3v) is 2.12. The summed E-state index contributed by atoms with van der Waals surface area (Å²) in [7, 11) is 0.432. The molecule has 0 aromatic carbocycles. The number of rotatable bonds is 2. The van der Waals surface area contributed by atoms with Crippen LogP contribution in [0.3, 0.4) is 0 Å². The maximum atomic E-state index is 2.27. The molecule has 0 nitrogen and oxygen atoms in total. The van der Waals surface area contributed by atoms with Crippen LogP contribution in [0.5, 0.6) is 0 Å². The van der Waals surface area contributed by atoms with Crippen LogP contribution in [0.2, 0.25) is 12.1 Å².